The summed E-state index contributed by atoms with van der Waals surface area (Å²) in [6.07, 6.45) is 1.39. The molecule has 0 spiro atoms. The first-order valence-electron chi connectivity index (χ1n) is 8.24. The van der Waals surface area contributed by atoms with Gasteiger partial charge in [-0.25, -0.2) is 14.8 Å². The Kier molecular flexibility index (Phi) is 4.45. The number of furan rings is 1. The molecule has 1 amide bonds. The molecular formula is C21H14FN3O2. The zero-order chi connectivity index (χ0) is 18.6. The molecule has 0 bridgehead atoms. The number of fused-ring (bicyclic) bond motifs is 1. The second kappa shape index (κ2) is 7.21. The van der Waals surface area contributed by atoms with Crippen molar-refractivity contribution in [2.24, 2.45) is 5.10 Å². The molecule has 0 aliphatic heterocycles. The molecule has 0 radical (unpaired) electrons. The predicted octanol–water partition coefficient (Wildman–Crippen LogP) is 4.40. The number of aromatic nitrogens is 1. The number of hydrazone groups is 1. The number of carbonyl (C=O) groups excluding carboxylic acids is 1. The van der Waals surface area contributed by atoms with Gasteiger partial charge >= 0.3 is 0 Å². The van der Waals surface area contributed by atoms with Crippen LogP contribution in [0.25, 0.3) is 22.2 Å². The summed E-state index contributed by atoms with van der Waals surface area (Å²) in [5.74, 6) is 0.319. The van der Waals surface area contributed by atoms with Gasteiger partial charge in [0.25, 0.3) is 5.91 Å². The Morgan fingerprint density at radius 2 is 1.81 bits per heavy atom. The molecule has 27 heavy (non-hydrogen) atoms. The number of benzene rings is 2. The molecule has 5 nitrogen and oxygen atoms in total. The first-order chi connectivity index (χ1) is 13.2. The molecule has 0 atom stereocenters. The third-order valence-electron chi connectivity index (χ3n) is 3.94. The minimum absolute atomic E-state index is 0.275. The highest BCUT2D eigenvalue weighted by Crippen LogP contribution is 2.21. The van der Waals surface area contributed by atoms with E-state index in [2.05, 4.69) is 15.5 Å². The summed E-state index contributed by atoms with van der Waals surface area (Å²) in [5.41, 5.74) is 4.19. The number of nitrogens with zero attached hydrogens (tertiary/aromatic N) is 2. The first-order valence-corrected chi connectivity index (χ1v) is 8.24. The highest BCUT2D eigenvalue weighted by Gasteiger charge is 2.07. The number of carbonyl (C=O) groups is 1. The molecule has 4 aromatic rings. The number of amides is 1. The molecule has 6 heteroatoms. The maximum absolute atomic E-state index is 13.0. The van der Waals surface area contributed by atoms with Crippen molar-refractivity contribution in [2.75, 3.05) is 0 Å². The average molecular weight is 359 g/mol. The minimum Gasteiger partial charge on any atom is -0.455 e. The Balaban J connectivity index is 1.44. The lowest BCUT2D eigenvalue weighted by Gasteiger charge is -2.01. The molecule has 0 unspecified atom stereocenters. The summed E-state index contributed by atoms with van der Waals surface area (Å²) in [6, 6.07) is 20.5. The van der Waals surface area contributed by atoms with E-state index in [1.54, 1.807) is 30.3 Å². The van der Waals surface area contributed by atoms with Crippen molar-refractivity contribution in [3.63, 3.8) is 0 Å². The lowest BCUT2D eigenvalue weighted by Crippen LogP contribution is -2.18. The van der Waals surface area contributed by atoms with Gasteiger partial charge in [-0.15, -0.1) is 0 Å². The van der Waals surface area contributed by atoms with E-state index in [1.165, 1.54) is 18.3 Å². The van der Waals surface area contributed by atoms with Gasteiger partial charge in [-0.1, -0.05) is 24.3 Å². The zero-order valence-electron chi connectivity index (χ0n) is 14.1. The summed E-state index contributed by atoms with van der Waals surface area (Å²) in [7, 11) is 0. The Bertz CT molecular complexity index is 1130. The molecule has 0 saturated heterocycles. The summed E-state index contributed by atoms with van der Waals surface area (Å²) in [6.45, 7) is 0. The van der Waals surface area contributed by atoms with Crippen molar-refractivity contribution < 1.29 is 13.6 Å². The van der Waals surface area contributed by atoms with Gasteiger partial charge in [0.15, 0.2) is 0 Å². The minimum atomic E-state index is -0.415. The van der Waals surface area contributed by atoms with E-state index in [4.69, 9.17) is 4.42 Å². The van der Waals surface area contributed by atoms with E-state index in [1.807, 2.05) is 30.3 Å². The SMILES string of the molecule is O=C(N/N=C/c1ccc(-c2ccc(F)cc2)o1)c1ccc2ccccc2n1. The first kappa shape index (κ1) is 16.7. The molecular weight excluding hydrogens is 345 g/mol. The highest BCUT2D eigenvalue weighted by atomic mass is 19.1. The highest BCUT2D eigenvalue weighted by molar-refractivity contribution is 5.95. The zero-order valence-corrected chi connectivity index (χ0v) is 14.1. The smallest absolute Gasteiger partial charge is 0.289 e. The molecule has 0 saturated carbocycles. The third kappa shape index (κ3) is 3.74. The average Bonchev–Trinajstić information content (AvgIpc) is 3.17. The van der Waals surface area contributed by atoms with Crippen LogP contribution >= 0.6 is 0 Å². The maximum atomic E-state index is 13.0. The maximum Gasteiger partial charge on any atom is 0.289 e. The van der Waals surface area contributed by atoms with Crippen LogP contribution < -0.4 is 5.43 Å². The van der Waals surface area contributed by atoms with Crippen molar-refractivity contribution in [1.82, 2.24) is 10.4 Å². The Morgan fingerprint density at radius 1 is 1.00 bits per heavy atom. The van der Waals surface area contributed by atoms with Gasteiger partial charge in [-0.05, 0) is 48.5 Å². The lowest BCUT2D eigenvalue weighted by molar-refractivity contribution is 0.0950. The molecule has 0 aliphatic carbocycles. The molecule has 2 aromatic carbocycles. The van der Waals surface area contributed by atoms with Crippen molar-refractivity contribution >= 4 is 23.0 Å². The summed E-state index contributed by atoms with van der Waals surface area (Å²) in [5, 5.41) is 4.86. The van der Waals surface area contributed by atoms with Crippen molar-refractivity contribution in [2.45, 2.75) is 0 Å². The van der Waals surface area contributed by atoms with E-state index in [9.17, 15) is 9.18 Å². The van der Waals surface area contributed by atoms with E-state index in [-0.39, 0.29) is 11.5 Å². The predicted molar refractivity (Wildman–Crippen MR) is 101 cm³/mol. The molecule has 2 aromatic heterocycles. The van der Waals surface area contributed by atoms with Crippen LogP contribution in [0.5, 0.6) is 0 Å². The normalized spacial score (nSPS) is 11.1. The number of hydrogen-bond acceptors (Lipinski definition) is 4. The Hall–Kier alpha value is -3.80. The standard InChI is InChI=1S/C21H14FN3O2/c22-16-8-5-15(6-9-16)20-12-10-17(27-20)13-23-25-21(26)19-11-7-14-3-1-2-4-18(14)24-19/h1-13H,(H,25,26)/b23-13+. The van der Waals surface area contributed by atoms with Crippen molar-refractivity contribution in [3.8, 4) is 11.3 Å². The fourth-order valence-corrected chi connectivity index (χ4v) is 2.60. The Labute approximate surface area is 154 Å². The van der Waals surface area contributed by atoms with Crippen LogP contribution in [0.1, 0.15) is 16.2 Å². The van der Waals surface area contributed by atoms with Gasteiger partial charge in [-0.3, -0.25) is 4.79 Å². The van der Waals surface area contributed by atoms with E-state index in [0.717, 1.165) is 16.5 Å². The molecule has 4 rings (SSSR count). The second-order valence-corrected chi connectivity index (χ2v) is 5.80. The van der Waals surface area contributed by atoms with Gasteiger partial charge in [0.2, 0.25) is 0 Å². The van der Waals surface area contributed by atoms with Crippen molar-refractivity contribution in [3.05, 3.63) is 90.1 Å². The fourth-order valence-electron chi connectivity index (χ4n) is 2.60. The lowest BCUT2D eigenvalue weighted by atomic mass is 10.2. The summed E-state index contributed by atoms with van der Waals surface area (Å²) < 4.78 is 18.6. The van der Waals surface area contributed by atoms with E-state index in [0.29, 0.717) is 11.5 Å². The van der Waals surface area contributed by atoms with Crippen LogP contribution in [-0.4, -0.2) is 17.1 Å². The molecule has 0 aliphatic rings. The van der Waals surface area contributed by atoms with Gasteiger partial charge < -0.3 is 4.42 Å². The number of nitrogens with one attached hydrogen (secondary N) is 1. The topological polar surface area (TPSA) is 67.5 Å². The number of pyridine rings is 1. The second-order valence-electron chi connectivity index (χ2n) is 5.80. The van der Waals surface area contributed by atoms with Crippen LogP contribution in [0.15, 0.2) is 82.3 Å². The third-order valence-corrected chi connectivity index (χ3v) is 3.94. The number of para-hydroxylation sites is 1. The number of rotatable bonds is 4. The van der Waals surface area contributed by atoms with E-state index < -0.39 is 5.91 Å². The van der Waals surface area contributed by atoms with Gasteiger partial charge in [0.05, 0.1) is 11.7 Å². The number of hydrogen-bond donors (Lipinski definition) is 1. The number of halogens is 1. The van der Waals surface area contributed by atoms with Crippen molar-refractivity contribution in [1.29, 1.82) is 0 Å². The molecule has 2 heterocycles. The van der Waals surface area contributed by atoms with Crippen LogP contribution in [0, 0.1) is 5.82 Å². The monoisotopic (exact) mass is 359 g/mol. The van der Waals surface area contributed by atoms with Crippen LogP contribution in [-0.2, 0) is 0 Å². The van der Waals surface area contributed by atoms with Gasteiger partial charge in [0.1, 0.15) is 23.0 Å². The quantitative estimate of drug-likeness (QED) is 0.434. The van der Waals surface area contributed by atoms with Crippen LogP contribution in [0.4, 0.5) is 4.39 Å². The van der Waals surface area contributed by atoms with Crippen LogP contribution in [0.2, 0.25) is 0 Å². The summed E-state index contributed by atoms with van der Waals surface area (Å²) >= 11 is 0. The van der Waals surface area contributed by atoms with Crippen LogP contribution in [0.3, 0.4) is 0 Å². The fraction of sp³-hybridized carbons (Fsp3) is 0. The summed E-state index contributed by atoms with van der Waals surface area (Å²) in [4.78, 5) is 16.5. The molecule has 0 fully saturated rings. The van der Waals surface area contributed by atoms with E-state index >= 15 is 0 Å². The van der Waals surface area contributed by atoms with Gasteiger partial charge in [0, 0.05) is 10.9 Å². The molecule has 132 valence electrons. The molecule has 1 N–H and O–H groups in total. The van der Waals surface area contributed by atoms with Gasteiger partial charge in [-0.2, -0.15) is 5.10 Å². The largest absolute Gasteiger partial charge is 0.455 e. The Morgan fingerprint density at radius 3 is 2.67 bits per heavy atom.